The Morgan fingerprint density at radius 2 is 2.27 bits per heavy atom. The molecule has 1 spiro atoms. The Morgan fingerprint density at radius 1 is 1.40 bits per heavy atom. The molecule has 1 aromatic rings. The van der Waals surface area contributed by atoms with Gasteiger partial charge in [-0.05, 0) is 24.0 Å². The quantitative estimate of drug-likeness (QED) is 0.666. The van der Waals surface area contributed by atoms with Crippen LogP contribution in [0.5, 0.6) is 0 Å². The Kier molecular flexibility index (Phi) is 1.08. The molecular formula is C12H10N2O. The lowest BCUT2D eigenvalue weighted by molar-refractivity contribution is 0.0970. The van der Waals surface area contributed by atoms with Gasteiger partial charge in [-0.3, -0.25) is 9.79 Å². The number of hydrogen-bond donors (Lipinski definition) is 1. The van der Waals surface area contributed by atoms with Crippen molar-refractivity contribution in [2.75, 3.05) is 6.54 Å². The van der Waals surface area contributed by atoms with Crippen molar-refractivity contribution in [1.29, 1.82) is 0 Å². The Hall–Kier alpha value is -1.64. The van der Waals surface area contributed by atoms with Crippen molar-refractivity contribution >= 4 is 11.7 Å². The smallest absolute Gasteiger partial charge is 0.256 e. The maximum Gasteiger partial charge on any atom is 0.256 e. The van der Waals surface area contributed by atoms with E-state index < -0.39 is 0 Å². The normalized spacial score (nSPS) is 34.8. The van der Waals surface area contributed by atoms with Crippen molar-refractivity contribution in [3.8, 4) is 0 Å². The summed E-state index contributed by atoms with van der Waals surface area (Å²) in [5, 5.41) is 2.93. The third kappa shape index (κ3) is 0.706. The van der Waals surface area contributed by atoms with Crippen molar-refractivity contribution in [3.05, 3.63) is 35.4 Å². The standard InChI is InChI=1S/C12H10N2O/c15-10-8-3-1-2-4-9(8)12-5-7(12)6-13-11(12)14-10/h1-4,7H,5-6H2,(H,13,14,15)/t7-,12-/m1/s1. The summed E-state index contributed by atoms with van der Waals surface area (Å²) in [6.45, 7) is 0.879. The first-order chi connectivity index (χ1) is 7.32. The molecule has 0 unspecified atom stereocenters. The minimum Gasteiger partial charge on any atom is -0.310 e. The number of nitrogens with zero attached hydrogens (tertiary/aromatic N) is 1. The molecule has 0 bridgehead atoms. The van der Waals surface area contributed by atoms with Crippen LogP contribution in [0, 0.1) is 5.92 Å². The van der Waals surface area contributed by atoms with Gasteiger partial charge in [0.05, 0.1) is 5.41 Å². The van der Waals surface area contributed by atoms with Crippen LogP contribution >= 0.6 is 0 Å². The highest BCUT2D eigenvalue weighted by atomic mass is 16.1. The minimum atomic E-state index is 0.00234. The van der Waals surface area contributed by atoms with Crippen LogP contribution in [0.2, 0.25) is 0 Å². The second-order valence-corrected chi connectivity index (χ2v) is 4.56. The van der Waals surface area contributed by atoms with Crippen LogP contribution in [-0.4, -0.2) is 18.3 Å². The number of fused-ring (bicyclic) bond motifs is 1. The fourth-order valence-electron chi connectivity index (χ4n) is 3.04. The van der Waals surface area contributed by atoms with Crippen LogP contribution < -0.4 is 5.32 Å². The lowest BCUT2D eigenvalue weighted by Crippen LogP contribution is -2.44. The van der Waals surface area contributed by atoms with Crippen LogP contribution in [0.3, 0.4) is 0 Å². The van der Waals surface area contributed by atoms with Crippen molar-refractivity contribution in [3.63, 3.8) is 0 Å². The number of carbonyl (C=O) groups excluding carboxylic acids is 1. The zero-order valence-corrected chi connectivity index (χ0v) is 8.16. The molecule has 1 aliphatic carbocycles. The number of carbonyl (C=O) groups is 1. The monoisotopic (exact) mass is 198 g/mol. The molecule has 74 valence electrons. The summed E-state index contributed by atoms with van der Waals surface area (Å²) in [5.41, 5.74) is 2.11. The number of aliphatic imine (C=N–C) groups is 1. The number of amides is 1. The van der Waals surface area contributed by atoms with Gasteiger partial charge in [0.2, 0.25) is 0 Å². The summed E-state index contributed by atoms with van der Waals surface area (Å²) in [6.07, 6.45) is 1.16. The number of nitrogens with one attached hydrogen (secondary N) is 1. The molecule has 1 fully saturated rings. The van der Waals surface area contributed by atoms with Gasteiger partial charge in [-0.25, -0.2) is 0 Å². The van der Waals surface area contributed by atoms with Crippen LogP contribution in [-0.2, 0) is 5.41 Å². The zero-order valence-electron chi connectivity index (χ0n) is 8.16. The van der Waals surface area contributed by atoms with Gasteiger partial charge >= 0.3 is 0 Å². The molecule has 2 aliphatic heterocycles. The lowest BCUT2D eigenvalue weighted by Gasteiger charge is -2.25. The van der Waals surface area contributed by atoms with Crippen molar-refractivity contribution < 1.29 is 4.79 Å². The van der Waals surface area contributed by atoms with Crippen molar-refractivity contribution in [2.45, 2.75) is 11.8 Å². The van der Waals surface area contributed by atoms with Crippen molar-refractivity contribution in [2.24, 2.45) is 10.9 Å². The van der Waals surface area contributed by atoms with E-state index >= 15 is 0 Å². The summed E-state index contributed by atoms with van der Waals surface area (Å²) in [5.74, 6) is 1.55. The van der Waals surface area contributed by atoms with Crippen LogP contribution in [0.15, 0.2) is 29.3 Å². The first kappa shape index (κ1) is 7.63. The van der Waals surface area contributed by atoms with E-state index in [1.807, 2.05) is 18.2 Å². The largest absolute Gasteiger partial charge is 0.310 e. The molecule has 1 N–H and O–H groups in total. The summed E-state index contributed by atoms with van der Waals surface area (Å²) in [4.78, 5) is 16.2. The maximum atomic E-state index is 11.8. The molecule has 3 heteroatoms. The molecular weight excluding hydrogens is 188 g/mol. The fourth-order valence-corrected chi connectivity index (χ4v) is 3.04. The first-order valence-electron chi connectivity index (χ1n) is 5.28. The predicted molar refractivity (Wildman–Crippen MR) is 56.0 cm³/mol. The molecule has 15 heavy (non-hydrogen) atoms. The summed E-state index contributed by atoms with van der Waals surface area (Å²) in [7, 11) is 0. The van der Waals surface area contributed by atoms with Gasteiger partial charge in [0.15, 0.2) is 0 Å². The Balaban J connectivity index is 2.04. The van der Waals surface area contributed by atoms with Crippen LogP contribution in [0.1, 0.15) is 22.3 Å². The second-order valence-electron chi connectivity index (χ2n) is 4.56. The molecule has 2 atom stereocenters. The lowest BCUT2D eigenvalue weighted by atomic mass is 9.86. The van der Waals surface area contributed by atoms with Gasteiger partial charge in [0.1, 0.15) is 5.84 Å². The van der Waals surface area contributed by atoms with Gasteiger partial charge in [-0.2, -0.15) is 0 Å². The highest BCUT2D eigenvalue weighted by Crippen LogP contribution is 2.59. The van der Waals surface area contributed by atoms with Gasteiger partial charge in [0.25, 0.3) is 5.91 Å². The average Bonchev–Trinajstić information content (AvgIpc) is 2.89. The number of benzene rings is 1. The van der Waals surface area contributed by atoms with E-state index in [1.165, 1.54) is 5.56 Å². The predicted octanol–water partition coefficient (Wildman–Crippen LogP) is 1.10. The molecule has 0 radical (unpaired) electrons. The highest BCUT2D eigenvalue weighted by molar-refractivity contribution is 6.17. The minimum absolute atomic E-state index is 0.00234. The molecule has 3 aliphatic rings. The second kappa shape index (κ2) is 2.13. The van der Waals surface area contributed by atoms with E-state index in [0.717, 1.165) is 24.4 Å². The van der Waals surface area contributed by atoms with E-state index in [9.17, 15) is 4.79 Å². The fraction of sp³-hybridized carbons (Fsp3) is 0.333. The molecule has 1 saturated carbocycles. The zero-order chi connectivity index (χ0) is 10.0. The van der Waals surface area contributed by atoms with Gasteiger partial charge < -0.3 is 5.32 Å². The van der Waals surface area contributed by atoms with Gasteiger partial charge in [-0.1, -0.05) is 18.2 Å². The topological polar surface area (TPSA) is 41.5 Å². The number of hydrogen-bond acceptors (Lipinski definition) is 2. The molecule has 0 saturated heterocycles. The Bertz CT molecular complexity index is 520. The van der Waals surface area contributed by atoms with E-state index in [1.54, 1.807) is 0 Å². The van der Waals surface area contributed by atoms with E-state index in [4.69, 9.17) is 0 Å². The summed E-state index contributed by atoms with van der Waals surface area (Å²) in [6, 6.07) is 7.92. The van der Waals surface area contributed by atoms with Gasteiger partial charge in [0, 0.05) is 12.1 Å². The molecule has 2 heterocycles. The maximum absolute atomic E-state index is 11.8. The van der Waals surface area contributed by atoms with Gasteiger partial charge in [-0.15, -0.1) is 0 Å². The molecule has 1 amide bonds. The molecule has 4 rings (SSSR count). The summed E-state index contributed by atoms with van der Waals surface area (Å²) >= 11 is 0. The highest BCUT2D eigenvalue weighted by Gasteiger charge is 2.64. The first-order valence-corrected chi connectivity index (χ1v) is 5.28. The van der Waals surface area contributed by atoms with Crippen molar-refractivity contribution in [1.82, 2.24) is 5.32 Å². The molecule has 1 aromatic carbocycles. The number of rotatable bonds is 0. The molecule has 3 nitrogen and oxygen atoms in total. The van der Waals surface area contributed by atoms with Crippen LogP contribution in [0.4, 0.5) is 0 Å². The third-order valence-corrected chi connectivity index (χ3v) is 3.88. The molecule has 0 aromatic heterocycles. The summed E-state index contributed by atoms with van der Waals surface area (Å²) < 4.78 is 0. The van der Waals surface area contributed by atoms with E-state index in [0.29, 0.717) is 5.92 Å². The van der Waals surface area contributed by atoms with Crippen LogP contribution in [0.25, 0.3) is 0 Å². The Morgan fingerprint density at radius 3 is 3.13 bits per heavy atom. The third-order valence-electron chi connectivity index (χ3n) is 3.88. The number of amidine groups is 1. The Labute approximate surface area is 87.2 Å². The average molecular weight is 198 g/mol. The SMILES string of the molecule is O=C1NC2=NC[C@H]3C[C@@]23c2ccccc21. The van der Waals surface area contributed by atoms with E-state index in [2.05, 4.69) is 16.4 Å². The van der Waals surface area contributed by atoms with E-state index in [-0.39, 0.29) is 11.3 Å².